The van der Waals surface area contributed by atoms with Crippen LogP contribution < -0.4 is 5.32 Å². The fourth-order valence-electron chi connectivity index (χ4n) is 5.00. The van der Waals surface area contributed by atoms with Crippen LogP contribution in [-0.2, 0) is 36.7 Å². The summed E-state index contributed by atoms with van der Waals surface area (Å²) in [6, 6.07) is 12.1. The quantitative estimate of drug-likeness (QED) is 0.142. The second kappa shape index (κ2) is 17.4. The molecule has 2 aliphatic rings. The van der Waals surface area contributed by atoms with E-state index in [1.807, 2.05) is 29.2 Å². The van der Waals surface area contributed by atoms with E-state index in [2.05, 4.69) is 59.2 Å². The third-order valence-corrected chi connectivity index (χ3v) is 8.04. The molecule has 4 rings (SSSR count). The number of esters is 1. The molecule has 0 aromatic heterocycles. The minimum absolute atomic E-state index is 0.00645. The average molecular weight is 719 g/mol. The molecule has 48 heavy (non-hydrogen) atoms. The molecule has 0 radical (unpaired) electrons. The van der Waals surface area contributed by atoms with Crippen LogP contribution in [0.15, 0.2) is 80.5 Å². The molecule has 0 aliphatic carbocycles. The van der Waals surface area contributed by atoms with Gasteiger partial charge in [-0.15, -0.1) is 4.99 Å². The van der Waals surface area contributed by atoms with Crippen molar-refractivity contribution in [3.8, 4) is 5.75 Å². The first-order chi connectivity index (χ1) is 23.2. The summed E-state index contributed by atoms with van der Waals surface area (Å²) in [6.45, 7) is 2.80. The Balaban J connectivity index is 1.40. The maximum absolute atomic E-state index is 13.2. The van der Waals surface area contributed by atoms with Gasteiger partial charge in [0.15, 0.2) is 6.10 Å². The van der Waals surface area contributed by atoms with E-state index in [4.69, 9.17) is 4.74 Å². The second-order valence-corrected chi connectivity index (χ2v) is 11.4. The standard InChI is InChI=1S/C34H32BrN5O8/c1-2-47-32(44)31(43)37-17-8-4-3-7-16-36-30(42)29(22-23-11-12-28(41)26(35)21-23)48-34(46)39-18-14-25(15-19-39)40-20-13-24-9-5-6-10-27(24)38-33(40)45/h3-6,9-12,21,25,29,41H,2,13-15,18-20,22H2,1H3,(H,38,45)/t29-/m1/s1. The number of halogens is 1. The number of hydrogen-bond donors (Lipinski definition) is 2. The van der Waals surface area contributed by atoms with Gasteiger partial charge in [-0.2, -0.15) is 4.99 Å². The number of amides is 5. The first kappa shape index (κ1) is 35.4. The van der Waals surface area contributed by atoms with Crippen LogP contribution in [-0.4, -0.2) is 94.9 Å². The Morgan fingerprint density at radius 2 is 1.77 bits per heavy atom. The van der Waals surface area contributed by atoms with Gasteiger partial charge in [0.2, 0.25) is 0 Å². The van der Waals surface area contributed by atoms with E-state index in [0.717, 1.165) is 17.7 Å². The Labute approximate surface area is 284 Å². The van der Waals surface area contributed by atoms with Crippen molar-refractivity contribution in [2.75, 3.05) is 31.6 Å². The second-order valence-electron chi connectivity index (χ2n) is 10.5. The third kappa shape index (κ3) is 10.0. The topological polar surface area (TPSA) is 167 Å². The summed E-state index contributed by atoms with van der Waals surface area (Å²) in [6.07, 6.45) is 2.24. The number of carbonyl (C=O) groups excluding carboxylic acids is 5. The SMILES string of the molecule is CCOC(=O)C(=O)N=C=C=CC=C=C=NC(=O)[C@@H](Cc1ccc(O)c(Br)c1)OC(=O)N1CCC(N2CCc3ccccc3NC2=O)CC1. The van der Waals surface area contributed by atoms with Gasteiger partial charge in [0, 0.05) is 49.5 Å². The molecule has 0 saturated carbocycles. The van der Waals surface area contributed by atoms with Crippen molar-refractivity contribution in [1.29, 1.82) is 0 Å². The lowest BCUT2D eigenvalue weighted by Gasteiger charge is -2.37. The van der Waals surface area contributed by atoms with Gasteiger partial charge in [-0.05, 0) is 95.1 Å². The molecule has 14 heteroatoms. The summed E-state index contributed by atoms with van der Waals surface area (Å²) < 4.78 is 10.6. The number of fused-ring (bicyclic) bond motifs is 1. The van der Waals surface area contributed by atoms with Crippen molar-refractivity contribution in [3.05, 3.63) is 81.7 Å². The average Bonchev–Trinajstić information content (AvgIpc) is 3.25. The zero-order valence-corrected chi connectivity index (χ0v) is 27.6. The number of aliphatic imine (C=N–C) groups is 2. The minimum atomic E-state index is -1.31. The van der Waals surface area contributed by atoms with Crippen LogP contribution in [0.5, 0.6) is 5.75 Å². The number of phenolic OH excluding ortho intramolecular Hbond substituents is 1. The molecule has 13 nitrogen and oxygen atoms in total. The molecule has 2 N–H and O–H groups in total. The van der Waals surface area contributed by atoms with Gasteiger partial charge in [-0.3, -0.25) is 9.59 Å². The molecule has 1 fully saturated rings. The van der Waals surface area contributed by atoms with Crippen molar-refractivity contribution in [1.82, 2.24) is 9.80 Å². The molecule has 248 valence electrons. The minimum Gasteiger partial charge on any atom is -0.507 e. The summed E-state index contributed by atoms with van der Waals surface area (Å²) in [5.74, 6) is 1.41. The van der Waals surface area contributed by atoms with Gasteiger partial charge in [-0.25, -0.2) is 14.4 Å². The Hall–Kier alpha value is -5.47. The number of benzene rings is 2. The van der Waals surface area contributed by atoms with Crippen LogP contribution in [0.1, 0.15) is 30.9 Å². The highest BCUT2D eigenvalue weighted by Gasteiger charge is 2.33. The lowest BCUT2D eigenvalue weighted by Crippen LogP contribution is -2.50. The number of nitrogens with one attached hydrogen (secondary N) is 1. The van der Waals surface area contributed by atoms with Crippen molar-refractivity contribution >= 4 is 63.3 Å². The molecule has 2 aromatic carbocycles. The van der Waals surface area contributed by atoms with Crippen molar-refractivity contribution in [3.63, 3.8) is 0 Å². The predicted molar refractivity (Wildman–Crippen MR) is 178 cm³/mol. The zero-order valence-electron chi connectivity index (χ0n) is 26.0. The number of urea groups is 1. The van der Waals surface area contributed by atoms with E-state index in [1.54, 1.807) is 19.1 Å². The number of likely N-dealkylation sites (tertiary alicyclic amines) is 1. The number of para-hydroxylation sites is 1. The Morgan fingerprint density at radius 1 is 1.06 bits per heavy atom. The first-order valence-electron chi connectivity index (χ1n) is 15.1. The highest BCUT2D eigenvalue weighted by atomic mass is 79.9. The summed E-state index contributed by atoms with van der Waals surface area (Å²) in [7, 11) is 0. The third-order valence-electron chi connectivity index (χ3n) is 7.41. The highest BCUT2D eigenvalue weighted by molar-refractivity contribution is 9.10. The van der Waals surface area contributed by atoms with Crippen LogP contribution in [0.2, 0.25) is 0 Å². The monoisotopic (exact) mass is 717 g/mol. The van der Waals surface area contributed by atoms with E-state index in [-0.39, 0.29) is 30.9 Å². The number of anilines is 1. The summed E-state index contributed by atoms with van der Waals surface area (Å²) in [4.78, 5) is 72.1. The van der Waals surface area contributed by atoms with E-state index in [1.165, 1.54) is 23.1 Å². The molecule has 0 unspecified atom stereocenters. The van der Waals surface area contributed by atoms with Crippen LogP contribution >= 0.6 is 15.9 Å². The van der Waals surface area contributed by atoms with E-state index < -0.39 is 30.0 Å². The number of carbonyl (C=O) groups is 5. The largest absolute Gasteiger partial charge is 0.507 e. The number of allylic oxidation sites excluding steroid dienone is 2. The fourth-order valence-corrected chi connectivity index (χ4v) is 5.43. The number of phenols is 1. The Kier molecular flexibility index (Phi) is 12.9. The van der Waals surface area contributed by atoms with Gasteiger partial charge in [0.05, 0.1) is 11.1 Å². The zero-order chi connectivity index (χ0) is 34.5. The van der Waals surface area contributed by atoms with Gasteiger partial charge in [0.25, 0.3) is 5.91 Å². The number of nitrogens with zero attached hydrogens (tertiary/aromatic N) is 4. The van der Waals surface area contributed by atoms with Gasteiger partial charge < -0.3 is 29.7 Å². The normalized spacial score (nSPS) is 14.6. The molecule has 2 aliphatic heterocycles. The highest BCUT2D eigenvalue weighted by Crippen LogP contribution is 2.27. The number of aromatic hydroxyl groups is 1. The summed E-state index contributed by atoms with van der Waals surface area (Å²) >= 11 is 3.25. The van der Waals surface area contributed by atoms with E-state index >= 15 is 0 Å². The lowest BCUT2D eigenvalue weighted by molar-refractivity contribution is -0.152. The fraction of sp³-hybridized carbons (Fsp3) is 0.324. The van der Waals surface area contributed by atoms with Crippen molar-refractivity contribution < 1.29 is 38.6 Å². The number of ether oxygens (including phenoxy) is 2. The molecular weight excluding hydrogens is 686 g/mol. The molecule has 1 saturated heterocycles. The molecule has 2 heterocycles. The molecule has 0 spiro atoms. The van der Waals surface area contributed by atoms with Gasteiger partial charge >= 0.3 is 24.0 Å². The molecular formula is C34H32BrN5O8. The van der Waals surface area contributed by atoms with Crippen LogP contribution in [0.25, 0.3) is 0 Å². The van der Waals surface area contributed by atoms with Gasteiger partial charge in [0.1, 0.15) is 5.75 Å². The number of rotatable bonds is 7. The Morgan fingerprint density at radius 3 is 2.48 bits per heavy atom. The van der Waals surface area contributed by atoms with Crippen LogP contribution in [0, 0.1) is 0 Å². The number of hydrogen-bond acceptors (Lipinski definition) is 8. The summed E-state index contributed by atoms with van der Waals surface area (Å²) in [5.41, 5.74) is 7.34. The molecule has 1 atom stereocenters. The van der Waals surface area contributed by atoms with Crippen molar-refractivity contribution in [2.45, 2.75) is 44.8 Å². The maximum Gasteiger partial charge on any atom is 0.410 e. The number of piperidine rings is 1. The first-order valence-corrected chi connectivity index (χ1v) is 15.9. The predicted octanol–water partition coefficient (Wildman–Crippen LogP) is 4.14. The van der Waals surface area contributed by atoms with Crippen LogP contribution in [0.4, 0.5) is 15.3 Å². The smallest absolute Gasteiger partial charge is 0.410 e. The van der Waals surface area contributed by atoms with Crippen molar-refractivity contribution in [2.24, 2.45) is 9.98 Å². The van der Waals surface area contributed by atoms with E-state index in [9.17, 15) is 29.1 Å². The lowest BCUT2D eigenvalue weighted by atomic mass is 10.0. The molecule has 2 aromatic rings. The summed E-state index contributed by atoms with van der Waals surface area (Å²) in [5, 5.41) is 12.8. The molecule has 0 bridgehead atoms. The maximum atomic E-state index is 13.2. The van der Waals surface area contributed by atoms with E-state index in [0.29, 0.717) is 42.5 Å². The molecule has 5 amide bonds. The van der Waals surface area contributed by atoms with Gasteiger partial charge in [-0.1, -0.05) is 24.3 Å². The Bertz CT molecular complexity index is 1770. The van der Waals surface area contributed by atoms with Crippen LogP contribution in [0.3, 0.4) is 0 Å².